The molecule has 1 saturated heterocycles. The molecule has 1 aliphatic heterocycles. The Morgan fingerprint density at radius 3 is 2.44 bits per heavy atom. The molecule has 0 bridgehead atoms. The zero-order valence-corrected chi connectivity index (χ0v) is 15.9. The maximum atomic E-state index is 12.3. The Morgan fingerprint density at radius 2 is 1.89 bits per heavy atom. The number of nitrogens with one attached hydrogen (secondary N) is 1. The van der Waals surface area contributed by atoms with Gasteiger partial charge in [0.15, 0.2) is 5.82 Å². The second kappa shape index (κ2) is 7.97. The van der Waals surface area contributed by atoms with Crippen LogP contribution in [0, 0.1) is 6.92 Å². The molecule has 1 aliphatic rings. The Kier molecular flexibility index (Phi) is 5.66. The van der Waals surface area contributed by atoms with Crippen LogP contribution in [0.25, 0.3) is 0 Å². The molecule has 1 fully saturated rings. The third-order valence-corrected chi connectivity index (χ3v) is 5.38. The third-order valence-electron chi connectivity index (χ3n) is 4.45. The number of piperazine rings is 1. The summed E-state index contributed by atoms with van der Waals surface area (Å²) in [5.74, 6) is 1.57. The van der Waals surface area contributed by atoms with Crippen molar-refractivity contribution in [1.29, 1.82) is 0 Å². The van der Waals surface area contributed by atoms with Gasteiger partial charge in [0.05, 0.1) is 4.90 Å². The Bertz CT molecular complexity index is 886. The number of nitrogens with zero attached hydrogens (tertiary/aromatic N) is 3. The number of carbonyl (C=O) groups is 1. The summed E-state index contributed by atoms with van der Waals surface area (Å²) in [6.07, 6.45) is 0.606. The fraction of sp³-hybridized carbons (Fsp3) is 0.412. The fourth-order valence-corrected chi connectivity index (χ4v) is 3.43. The van der Waals surface area contributed by atoms with E-state index in [0.717, 1.165) is 17.1 Å². The van der Waals surface area contributed by atoms with E-state index in [1.807, 2.05) is 13.0 Å². The van der Waals surface area contributed by atoms with E-state index in [-0.39, 0.29) is 10.9 Å². The summed E-state index contributed by atoms with van der Waals surface area (Å²) in [5, 5.41) is 12.0. The summed E-state index contributed by atoms with van der Waals surface area (Å²) in [6, 6.07) is 8.12. The molecule has 1 aromatic heterocycles. The van der Waals surface area contributed by atoms with Crippen molar-refractivity contribution in [3.63, 3.8) is 0 Å². The van der Waals surface area contributed by atoms with Crippen LogP contribution in [0.5, 0.6) is 0 Å². The molecule has 2 aromatic rings. The molecule has 1 aromatic carbocycles. The molecule has 0 spiro atoms. The number of anilines is 1. The number of carbonyl (C=O) groups excluding carboxylic acids is 1. The molecule has 0 atom stereocenters. The highest BCUT2D eigenvalue weighted by molar-refractivity contribution is 7.89. The van der Waals surface area contributed by atoms with E-state index in [4.69, 9.17) is 9.66 Å². The molecule has 3 rings (SSSR count). The van der Waals surface area contributed by atoms with E-state index >= 15 is 0 Å². The van der Waals surface area contributed by atoms with Crippen molar-refractivity contribution in [2.24, 2.45) is 5.14 Å². The molecule has 9 nitrogen and oxygen atoms in total. The predicted octanol–water partition coefficient (Wildman–Crippen LogP) is 0.705. The van der Waals surface area contributed by atoms with Crippen molar-refractivity contribution in [1.82, 2.24) is 15.4 Å². The SMILES string of the molecule is Cc1cc(N2CCN(C(=O)NCCc3ccc(S(N)(=O)=O)cc3)CC2)no1. The van der Waals surface area contributed by atoms with E-state index in [1.165, 1.54) is 12.1 Å². The van der Waals surface area contributed by atoms with Crippen LogP contribution in [0.4, 0.5) is 10.6 Å². The first kappa shape index (κ1) is 19.2. The van der Waals surface area contributed by atoms with Crippen LogP contribution < -0.4 is 15.4 Å². The zero-order chi connectivity index (χ0) is 19.4. The van der Waals surface area contributed by atoms with Crippen LogP contribution >= 0.6 is 0 Å². The van der Waals surface area contributed by atoms with Crippen LogP contribution in [-0.2, 0) is 16.4 Å². The van der Waals surface area contributed by atoms with E-state index < -0.39 is 10.0 Å². The smallest absolute Gasteiger partial charge is 0.317 e. The minimum absolute atomic E-state index is 0.0791. The average molecular weight is 393 g/mol. The van der Waals surface area contributed by atoms with Crippen LogP contribution in [0.2, 0.25) is 0 Å². The van der Waals surface area contributed by atoms with Crippen LogP contribution in [0.3, 0.4) is 0 Å². The van der Waals surface area contributed by atoms with Gasteiger partial charge >= 0.3 is 6.03 Å². The number of primary sulfonamides is 1. The summed E-state index contributed by atoms with van der Waals surface area (Å²) < 4.78 is 27.6. The van der Waals surface area contributed by atoms with Gasteiger partial charge < -0.3 is 19.6 Å². The van der Waals surface area contributed by atoms with Gasteiger partial charge in [0.25, 0.3) is 0 Å². The predicted molar refractivity (Wildman–Crippen MR) is 99.9 cm³/mol. The highest BCUT2D eigenvalue weighted by Gasteiger charge is 2.22. The molecule has 3 N–H and O–H groups in total. The second-order valence-electron chi connectivity index (χ2n) is 6.44. The molecule has 27 heavy (non-hydrogen) atoms. The van der Waals surface area contributed by atoms with Crippen molar-refractivity contribution in [2.45, 2.75) is 18.2 Å². The van der Waals surface area contributed by atoms with Crippen LogP contribution in [0.15, 0.2) is 39.8 Å². The first-order valence-corrected chi connectivity index (χ1v) is 10.2. The number of rotatable bonds is 5. The highest BCUT2D eigenvalue weighted by atomic mass is 32.2. The first-order valence-electron chi connectivity index (χ1n) is 8.66. The molecule has 0 radical (unpaired) electrons. The lowest BCUT2D eigenvalue weighted by molar-refractivity contribution is 0.194. The highest BCUT2D eigenvalue weighted by Crippen LogP contribution is 2.16. The lowest BCUT2D eigenvalue weighted by atomic mass is 10.1. The van der Waals surface area contributed by atoms with E-state index in [1.54, 1.807) is 17.0 Å². The van der Waals surface area contributed by atoms with Crippen molar-refractivity contribution >= 4 is 21.9 Å². The van der Waals surface area contributed by atoms with E-state index in [2.05, 4.69) is 15.4 Å². The van der Waals surface area contributed by atoms with Gasteiger partial charge in [-0.25, -0.2) is 18.4 Å². The van der Waals surface area contributed by atoms with Gasteiger partial charge in [-0.15, -0.1) is 0 Å². The summed E-state index contributed by atoms with van der Waals surface area (Å²) in [4.78, 5) is 16.2. The molecular formula is C17H23N5O4S. The quantitative estimate of drug-likeness (QED) is 0.771. The standard InChI is InChI=1S/C17H23N5O4S/c1-13-12-16(20-26-13)21-8-10-22(11-9-21)17(23)19-7-6-14-2-4-15(5-3-14)27(18,24)25/h2-5,12H,6-11H2,1H3,(H,19,23)(H2,18,24,25). The number of hydrogen-bond donors (Lipinski definition) is 2. The third kappa shape index (κ3) is 4.98. The van der Waals surface area contributed by atoms with Gasteiger partial charge in [0.1, 0.15) is 5.76 Å². The van der Waals surface area contributed by atoms with E-state index in [9.17, 15) is 13.2 Å². The monoisotopic (exact) mass is 393 g/mol. The number of nitrogens with two attached hydrogens (primary N) is 1. The normalized spacial score (nSPS) is 15.0. The lowest BCUT2D eigenvalue weighted by Crippen LogP contribution is -2.52. The van der Waals surface area contributed by atoms with Crippen molar-refractivity contribution in [2.75, 3.05) is 37.6 Å². The zero-order valence-electron chi connectivity index (χ0n) is 15.1. The first-order chi connectivity index (χ1) is 12.8. The van der Waals surface area contributed by atoms with Crippen molar-refractivity contribution < 1.29 is 17.7 Å². The van der Waals surface area contributed by atoms with Gasteiger partial charge in [-0.1, -0.05) is 17.3 Å². The summed E-state index contributed by atoms with van der Waals surface area (Å²) in [7, 11) is -3.68. The van der Waals surface area contributed by atoms with Gasteiger partial charge in [0.2, 0.25) is 10.0 Å². The molecule has 0 aliphatic carbocycles. The fourth-order valence-electron chi connectivity index (χ4n) is 2.91. The number of benzene rings is 1. The largest absolute Gasteiger partial charge is 0.360 e. The number of sulfonamides is 1. The number of aryl methyl sites for hydroxylation is 1. The van der Waals surface area contributed by atoms with Gasteiger partial charge in [-0.3, -0.25) is 0 Å². The minimum atomic E-state index is -3.68. The maximum Gasteiger partial charge on any atom is 0.317 e. The Labute approximate surface area is 158 Å². The average Bonchev–Trinajstić information content (AvgIpc) is 3.08. The molecule has 0 unspecified atom stereocenters. The second-order valence-corrected chi connectivity index (χ2v) is 8.00. The molecule has 2 amide bonds. The van der Waals surface area contributed by atoms with Gasteiger partial charge in [-0.05, 0) is 31.0 Å². The number of amides is 2. The Balaban J connectivity index is 1.42. The Hall–Kier alpha value is -2.59. The maximum absolute atomic E-state index is 12.3. The lowest BCUT2D eigenvalue weighted by Gasteiger charge is -2.34. The Morgan fingerprint density at radius 1 is 1.22 bits per heavy atom. The van der Waals surface area contributed by atoms with Crippen molar-refractivity contribution in [3.05, 3.63) is 41.7 Å². The summed E-state index contributed by atoms with van der Waals surface area (Å²) in [5.41, 5.74) is 0.925. The molecular weight excluding hydrogens is 370 g/mol. The minimum Gasteiger partial charge on any atom is -0.360 e. The molecule has 0 saturated carbocycles. The summed E-state index contributed by atoms with van der Waals surface area (Å²) >= 11 is 0. The van der Waals surface area contributed by atoms with Gasteiger partial charge in [0, 0.05) is 38.8 Å². The van der Waals surface area contributed by atoms with Gasteiger partial charge in [-0.2, -0.15) is 0 Å². The number of aromatic nitrogens is 1. The van der Waals surface area contributed by atoms with Crippen molar-refractivity contribution in [3.8, 4) is 0 Å². The number of urea groups is 1. The number of hydrogen-bond acceptors (Lipinski definition) is 6. The molecule has 10 heteroatoms. The van der Waals surface area contributed by atoms with E-state index in [0.29, 0.717) is 39.1 Å². The topological polar surface area (TPSA) is 122 Å². The summed E-state index contributed by atoms with van der Waals surface area (Å²) in [6.45, 7) is 4.95. The molecule has 2 heterocycles. The van der Waals surface area contributed by atoms with Crippen LogP contribution in [-0.4, -0.2) is 57.2 Å². The van der Waals surface area contributed by atoms with Crippen LogP contribution in [0.1, 0.15) is 11.3 Å². The molecule has 146 valence electrons.